The summed E-state index contributed by atoms with van der Waals surface area (Å²) >= 11 is 1.85. The van der Waals surface area contributed by atoms with E-state index in [-0.39, 0.29) is 0 Å². The van der Waals surface area contributed by atoms with Crippen molar-refractivity contribution in [2.24, 2.45) is 0 Å². The highest BCUT2D eigenvalue weighted by molar-refractivity contribution is 7.10. The van der Waals surface area contributed by atoms with E-state index in [0.29, 0.717) is 6.04 Å². The molecule has 1 aromatic carbocycles. The lowest BCUT2D eigenvalue weighted by Gasteiger charge is -2.20. The molecule has 4 nitrogen and oxygen atoms in total. The van der Waals surface area contributed by atoms with Crippen LogP contribution in [0.4, 0.5) is 0 Å². The molecule has 0 unspecified atom stereocenters. The van der Waals surface area contributed by atoms with E-state index < -0.39 is 0 Å². The van der Waals surface area contributed by atoms with Crippen LogP contribution in [0.15, 0.2) is 48.0 Å². The molecule has 5 heteroatoms. The number of nitrogens with zero attached hydrogens (tertiary/aromatic N) is 4. The summed E-state index contributed by atoms with van der Waals surface area (Å²) in [5.41, 5.74) is 3.49. The van der Waals surface area contributed by atoms with E-state index in [1.54, 1.807) is 0 Å². The molecule has 2 aromatic heterocycles. The van der Waals surface area contributed by atoms with E-state index in [1.165, 1.54) is 23.3 Å². The molecule has 0 spiro atoms. The highest BCUT2D eigenvalue weighted by Gasteiger charge is 2.30. The smallest absolute Gasteiger partial charge is 0.0972 e. The first-order valence-corrected chi connectivity index (χ1v) is 8.91. The zero-order valence-electron chi connectivity index (χ0n) is 13.2. The second-order valence-electron chi connectivity index (χ2n) is 6.15. The van der Waals surface area contributed by atoms with Crippen molar-refractivity contribution < 1.29 is 0 Å². The van der Waals surface area contributed by atoms with Gasteiger partial charge in [-0.25, -0.2) is 4.68 Å². The zero-order chi connectivity index (χ0) is 15.6. The molecule has 0 radical (unpaired) electrons. The van der Waals surface area contributed by atoms with Crippen molar-refractivity contribution in [1.29, 1.82) is 0 Å². The summed E-state index contributed by atoms with van der Waals surface area (Å²) < 4.78 is 1.86. The average Bonchev–Trinajstić information content (AvgIpc) is 3.20. The van der Waals surface area contributed by atoms with Crippen LogP contribution in [0.25, 0.3) is 5.69 Å². The van der Waals surface area contributed by atoms with Crippen molar-refractivity contribution in [3.05, 3.63) is 64.1 Å². The molecule has 0 aliphatic heterocycles. The van der Waals surface area contributed by atoms with Crippen molar-refractivity contribution in [2.75, 3.05) is 0 Å². The van der Waals surface area contributed by atoms with Gasteiger partial charge in [-0.15, -0.1) is 16.4 Å². The highest BCUT2D eigenvalue weighted by atomic mass is 32.1. The van der Waals surface area contributed by atoms with E-state index in [1.807, 2.05) is 52.5 Å². The van der Waals surface area contributed by atoms with Gasteiger partial charge in [0, 0.05) is 24.0 Å². The number of para-hydroxylation sites is 1. The third-order valence-corrected chi connectivity index (χ3v) is 5.31. The Bertz CT molecular complexity index is 773. The van der Waals surface area contributed by atoms with Gasteiger partial charge in [0.15, 0.2) is 0 Å². The zero-order valence-corrected chi connectivity index (χ0v) is 14.0. The number of aryl methyl sites for hydroxylation is 1. The second kappa shape index (κ2) is 6.26. The number of rotatable bonds is 6. The van der Waals surface area contributed by atoms with Gasteiger partial charge in [-0.2, -0.15) is 0 Å². The third kappa shape index (κ3) is 3.35. The van der Waals surface area contributed by atoms with Crippen LogP contribution in [0.3, 0.4) is 0 Å². The molecular weight excluding hydrogens is 304 g/mol. The van der Waals surface area contributed by atoms with E-state index in [0.717, 1.165) is 24.5 Å². The van der Waals surface area contributed by atoms with Crippen LogP contribution in [-0.4, -0.2) is 25.9 Å². The molecule has 1 saturated carbocycles. The molecule has 1 aliphatic rings. The fourth-order valence-corrected chi connectivity index (χ4v) is 3.72. The molecule has 0 atom stereocenters. The summed E-state index contributed by atoms with van der Waals surface area (Å²) in [6.07, 6.45) is 4.65. The summed E-state index contributed by atoms with van der Waals surface area (Å²) in [6, 6.07) is 13.1. The fraction of sp³-hybridized carbons (Fsp3) is 0.333. The van der Waals surface area contributed by atoms with Gasteiger partial charge in [-0.05, 0) is 48.9 Å². The maximum absolute atomic E-state index is 4.37. The molecule has 1 aliphatic carbocycles. The minimum atomic E-state index is 0.707. The van der Waals surface area contributed by atoms with Gasteiger partial charge < -0.3 is 0 Å². The van der Waals surface area contributed by atoms with Crippen LogP contribution < -0.4 is 0 Å². The van der Waals surface area contributed by atoms with Crippen molar-refractivity contribution in [3.63, 3.8) is 0 Å². The first-order chi connectivity index (χ1) is 11.3. The standard InChI is InChI=1S/C18H20N4S/c1-14-9-10-23-18(14)13-21(16-7-8-16)11-15-12-22(20-19-15)17-5-3-2-4-6-17/h2-6,9-10,12,16H,7-8,11,13H2,1H3. The average molecular weight is 324 g/mol. The van der Waals surface area contributed by atoms with Crippen molar-refractivity contribution in [1.82, 2.24) is 19.9 Å². The molecule has 0 saturated heterocycles. The number of hydrogen-bond donors (Lipinski definition) is 0. The Kier molecular flexibility index (Phi) is 3.97. The molecule has 0 amide bonds. The van der Waals surface area contributed by atoms with Gasteiger partial charge in [0.1, 0.15) is 0 Å². The van der Waals surface area contributed by atoms with E-state index in [9.17, 15) is 0 Å². The Morgan fingerprint density at radius 3 is 2.70 bits per heavy atom. The van der Waals surface area contributed by atoms with Crippen LogP contribution in [-0.2, 0) is 13.1 Å². The molecule has 2 heterocycles. The van der Waals surface area contributed by atoms with Crippen molar-refractivity contribution in [2.45, 2.75) is 38.9 Å². The van der Waals surface area contributed by atoms with Crippen LogP contribution in [0.5, 0.6) is 0 Å². The van der Waals surface area contributed by atoms with Gasteiger partial charge in [0.25, 0.3) is 0 Å². The Hall–Kier alpha value is -1.98. The molecule has 23 heavy (non-hydrogen) atoms. The molecule has 4 rings (SSSR count). The maximum Gasteiger partial charge on any atom is 0.0972 e. The maximum atomic E-state index is 4.37. The Balaban J connectivity index is 1.49. The fourth-order valence-electron chi connectivity index (χ4n) is 2.79. The van der Waals surface area contributed by atoms with Crippen molar-refractivity contribution in [3.8, 4) is 5.69 Å². The Labute approximate surface area is 140 Å². The normalized spacial score (nSPS) is 14.5. The molecule has 118 valence electrons. The number of hydrogen-bond acceptors (Lipinski definition) is 4. The summed E-state index contributed by atoms with van der Waals surface area (Å²) in [7, 11) is 0. The van der Waals surface area contributed by atoms with E-state index >= 15 is 0 Å². The van der Waals surface area contributed by atoms with Gasteiger partial charge in [-0.1, -0.05) is 23.4 Å². The van der Waals surface area contributed by atoms with Gasteiger partial charge >= 0.3 is 0 Å². The quantitative estimate of drug-likeness (QED) is 0.691. The summed E-state index contributed by atoms with van der Waals surface area (Å²) in [5, 5.41) is 10.8. The predicted octanol–water partition coefficient (Wildman–Crippen LogP) is 3.80. The predicted molar refractivity (Wildman–Crippen MR) is 92.7 cm³/mol. The summed E-state index contributed by atoms with van der Waals surface area (Å²) in [5.74, 6) is 0. The first kappa shape index (κ1) is 14.6. The van der Waals surface area contributed by atoms with E-state index in [2.05, 4.69) is 33.6 Å². The highest BCUT2D eigenvalue weighted by Crippen LogP contribution is 2.31. The van der Waals surface area contributed by atoms with Gasteiger partial charge in [-0.3, -0.25) is 4.90 Å². The Morgan fingerprint density at radius 2 is 2.00 bits per heavy atom. The van der Waals surface area contributed by atoms with Gasteiger partial charge in [0.05, 0.1) is 17.6 Å². The third-order valence-electron chi connectivity index (χ3n) is 4.30. The molecule has 0 N–H and O–H groups in total. The topological polar surface area (TPSA) is 34.0 Å². The first-order valence-electron chi connectivity index (χ1n) is 8.03. The monoisotopic (exact) mass is 324 g/mol. The van der Waals surface area contributed by atoms with Crippen LogP contribution in [0.1, 0.15) is 29.0 Å². The summed E-state index contributed by atoms with van der Waals surface area (Å²) in [4.78, 5) is 4.01. The minimum Gasteiger partial charge on any atom is -0.289 e. The molecular formula is C18H20N4S. The Morgan fingerprint density at radius 1 is 1.17 bits per heavy atom. The minimum absolute atomic E-state index is 0.707. The van der Waals surface area contributed by atoms with Gasteiger partial charge in [0.2, 0.25) is 0 Å². The molecule has 0 bridgehead atoms. The lowest BCUT2D eigenvalue weighted by atomic mass is 10.2. The van der Waals surface area contributed by atoms with Crippen molar-refractivity contribution >= 4 is 11.3 Å². The number of benzene rings is 1. The largest absolute Gasteiger partial charge is 0.289 e. The number of thiophene rings is 1. The van der Waals surface area contributed by atoms with Crippen LogP contribution in [0.2, 0.25) is 0 Å². The lowest BCUT2D eigenvalue weighted by molar-refractivity contribution is 0.244. The van der Waals surface area contributed by atoms with Crippen LogP contribution >= 0.6 is 11.3 Å². The number of aromatic nitrogens is 3. The van der Waals surface area contributed by atoms with E-state index in [4.69, 9.17) is 0 Å². The van der Waals surface area contributed by atoms with Crippen LogP contribution in [0, 0.1) is 6.92 Å². The lowest BCUT2D eigenvalue weighted by Crippen LogP contribution is -2.25. The summed E-state index contributed by atoms with van der Waals surface area (Å²) in [6.45, 7) is 4.09. The molecule has 1 fully saturated rings. The SMILES string of the molecule is Cc1ccsc1CN(Cc1cn(-c2ccccc2)nn1)C1CC1. The second-order valence-corrected chi connectivity index (χ2v) is 7.15. The molecule has 3 aromatic rings.